The summed E-state index contributed by atoms with van der Waals surface area (Å²) in [7, 11) is 0. The van der Waals surface area contributed by atoms with Gasteiger partial charge in [0.25, 0.3) is 0 Å². The summed E-state index contributed by atoms with van der Waals surface area (Å²) in [5, 5.41) is 13.9. The van der Waals surface area contributed by atoms with E-state index in [1.54, 1.807) is 18.4 Å². The first kappa shape index (κ1) is 17.0. The number of hydroxylamine groups is 1. The standard InChI is InChI=1S/C15H22N2O4/c1-3-11-21-17-12(7-6-10-16-20-4-2)15-13(18)8-5-9-14(15)19/h3,6,10,16,18H,1,4-5,7-9,11H2,2H3. The lowest BCUT2D eigenvalue weighted by molar-refractivity contribution is -0.115. The summed E-state index contributed by atoms with van der Waals surface area (Å²) < 4.78 is 0. The predicted octanol–water partition coefficient (Wildman–Crippen LogP) is 2.56. The van der Waals surface area contributed by atoms with Gasteiger partial charge in [-0.1, -0.05) is 23.9 Å². The molecule has 0 aromatic carbocycles. The highest BCUT2D eigenvalue weighted by Crippen LogP contribution is 2.22. The maximum Gasteiger partial charge on any atom is 0.168 e. The minimum atomic E-state index is -0.106. The monoisotopic (exact) mass is 294 g/mol. The van der Waals surface area contributed by atoms with E-state index >= 15 is 0 Å². The Morgan fingerprint density at radius 1 is 1.52 bits per heavy atom. The molecule has 1 aliphatic carbocycles. The molecule has 0 spiro atoms. The molecule has 0 aliphatic heterocycles. The highest BCUT2D eigenvalue weighted by Gasteiger charge is 2.24. The van der Waals surface area contributed by atoms with Gasteiger partial charge in [0, 0.05) is 25.5 Å². The van der Waals surface area contributed by atoms with Crippen molar-refractivity contribution in [2.75, 3.05) is 13.2 Å². The van der Waals surface area contributed by atoms with Crippen molar-refractivity contribution < 1.29 is 19.6 Å². The Morgan fingerprint density at radius 2 is 2.33 bits per heavy atom. The van der Waals surface area contributed by atoms with E-state index in [1.165, 1.54) is 0 Å². The van der Waals surface area contributed by atoms with Crippen LogP contribution in [0.4, 0.5) is 0 Å². The Labute approximate surface area is 124 Å². The molecule has 0 saturated carbocycles. The molecular formula is C15H22N2O4. The number of aliphatic hydroxyl groups is 1. The lowest BCUT2D eigenvalue weighted by atomic mass is 9.91. The second kappa shape index (κ2) is 9.77. The van der Waals surface area contributed by atoms with E-state index in [0.29, 0.717) is 38.0 Å². The Balaban J connectivity index is 2.81. The van der Waals surface area contributed by atoms with Crippen LogP contribution in [0.2, 0.25) is 0 Å². The van der Waals surface area contributed by atoms with Crippen LogP contribution in [0.5, 0.6) is 0 Å². The Kier molecular flexibility index (Phi) is 7.89. The molecule has 0 heterocycles. The molecule has 116 valence electrons. The number of ketones is 1. The Hall–Kier alpha value is -2.08. The maximum atomic E-state index is 12.0. The summed E-state index contributed by atoms with van der Waals surface area (Å²) in [5.74, 6) is -0.0239. The fourth-order valence-electron chi connectivity index (χ4n) is 1.86. The molecular weight excluding hydrogens is 272 g/mol. The number of carbonyl (C=O) groups excluding carboxylic acids is 1. The Bertz CT molecular complexity index is 453. The van der Waals surface area contributed by atoms with Gasteiger partial charge in [-0.2, -0.15) is 0 Å². The predicted molar refractivity (Wildman–Crippen MR) is 80.6 cm³/mol. The molecule has 0 aromatic rings. The van der Waals surface area contributed by atoms with Gasteiger partial charge in [-0.15, -0.1) is 0 Å². The molecule has 21 heavy (non-hydrogen) atoms. The minimum absolute atomic E-state index is 0.0818. The number of allylic oxidation sites excluding steroid dienone is 3. The minimum Gasteiger partial charge on any atom is -0.511 e. The van der Waals surface area contributed by atoms with E-state index in [1.807, 2.05) is 6.92 Å². The van der Waals surface area contributed by atoms with Crippen LogP contribution in [-0.2, 0) is 14.5 Å². The van der Waals surface area contributed by atoms with Gasteiger partial charge < -0.3 is 9.94 Å². The molecule has 6 heteroatoms. The van der Waals surface area contributed by atoms with Gasteiger partial charge in [0.15, 0.2) is 5.78 Å². The van der Waals surface area contributed by atoms with Gasteiger partial charge in [0.05, 0.1) is 17.9 Å². The highest BCUT2D eigenvalue weighted by molar-refractivity contribution is 6.23. The fourth-order valence-corrected chi connectivity index (χ4v) is 1.86. The summed E-state index contributed by atoms with van der Waals surface area (Å²) in [6.07, 6.45) is 6.83. The highest BCUT2D eigenvalue weighted by atomic mass is 16.6. The third-order valence-corrected chi connectivity index (χ3v) is 2.77. The van der Waals surface area contributed by atoms with E-state index in [0.717, 1.165) is 0 Å². The first-order valence-corrected chi connectivity index (χ1v) is 6.98. The molecule has 0 fully saturated rings. The van der Waals surface area contributed by atoms with Gasteiger partial charge in [-0.25, -0.2) is 0 Å². The third kappa shape index (κ3) is 5.83. The number of nitrogens with zero attached hydrogens (tertiary/aromatic N) is 1. The summed E-state index contributed by atoms with van der Waals surface area (Å²) >= 11 is 0. The first-order valence-electron chi connectivity index (χ1n) is 6.98. The lowest BCUT2D eigenvalue weighted by Gasteiger charge is -2.15. The molecule has 6 nitrogen and oxygen atoms in total. The molecule has 1 aliphatic rings. The molecule has 0 unspecified atom stereocenters. The van der Waals surface area contributed by atoms with Gasteiger partial charge in [0.1, 0.15) is 12.4 Å². The molecule has 0 atom stereocenters. The maximum absolute atomic E-state index is 12.0. The van der Waals surface area contributed by atoms with Gasteiger partial charge in [-0.3, -0.25) is 15.1 Å². The number of Topliss-reactive ketones (excluding diaryl/α,β-unsaturated/α-hetero) is 1. The average Bonchev–Trinajstić information content (AvgIpc) is 2.46. The molecule has 1 rings (SSSR count). The average molecular weight is 294 g/mol. The van der Waals surface area contributed by atoms with E-state index in [2.05, 4.69) is 17.2 Å². The normalized spacial score (nSPS) is 16.4. The number of hydrogen-bond acceptors (Lipinski definition) is 6. The van der Waals surface area contributed by atoms with Crippen molar-refractivity contribution in [3.05, 3.63) is 36.3 Å². The van der Waals surface area contributed by atoms with Crippen LogP contribution < -0.4 is 5.48 Å². The van der Waals surface area contributed by atoms with Crippen molar-refractivity contribution in [2.24, 2.45) is 5.16 Å². The van der Waals surface area contributed by atoms with Gasteiger partial charge >= 0.3 is 0 Å². The van der Waals surface area contributed by atoms with Crippen LogP contribution in [0.1, 0.15) is 32.6 Å². The van der Waals surface area contributed by atoms with Gasteiger partial charge in [-0.05, 0) is 13.3 Å². The molecule has 2 N–H and O–H groups in total. The molecule has 0 amide bonds. The van der Waals surface area contributed by atoms with Crippen molar-refractivity contribution in [1.29, 1.82) is 0 Å². The topological polar surface area (TPSA) is 80.2 Å². The number of aliphatic hydroxyl groups excluding tert-OH is 1. The number of hydrogen-bond donors (Lipinski definition) is 2. The number of rotatable bonds is 9. The zero-order valence-corrected chi connectivity index (χ0v) is 12.3. The smallest absolute Gasteiger partial charge is 0.168 e. The second-order valence-electron chi connectivity index (χ2n) is 4.38. The molecule has 0 aromatic heterocycles. The van der Waals surface area contributed by atoms with Crippen LogP contribution in [0.3, 0.4) is 0 Å². The SMILES string of the molecule is C=CCON=C(CC=CNOCC)C1=C(O)CCCC1=O. The van der Waals surface area contributed by atoms with Crippen molar-refractivity contribution in [3.8, 4) is 0 Å². The summed E-state index contributed by atoms with van der Waals surface area (Å²) in [5.41, 5.74) is 3.31. The summed E-state index contributed by atoms with van der Waals surface area (Å²) in [6, 6.07) is 0. The quantitative estimate of drug-likeness (QED) is 0.296. The number of carbonyl (C=O) groups is 1. The number of oxime groups is 1. The van der Waals surface area contributed by atoms with E-state index in [4.69, 9.17) is 9.68 Å². The van der Waals surface area contributed by atoms with E-state index in [9.17, 15) is 9.90 Å². The summed E-state index contributed by atoms with van der Waals surface area (Å²) in [6.45, 7) is 6.18. The zero-order valence-electron chi connectivity index (χ0n) is 12.3. The molecule has 0 saturated heterocycles. The van der Waals surface area contributed by atoms with Gasteiger partial charge in [0.2, 0.25) is 0 Å². The van der Waals surface area contributed by atoms with Crippen LogP contribution in [0, 0.1) is 0 Å². The van der Waals surface area contributed by atoms with Crippen LogP contribution in [-0.4, -0.2) is 29.8 Å². The van der Waals surface area contributed by atoms with Crippen molar-refractivity contribution >= 4 is 11.5 Å². The lowest BCUT2D eigenvalue weighted by Crippen LogP contribution is -2.19. The van der Waals surface area contributed by atoms with Crippen LogP contribution in [0.15, 0.2) is 41.4 Å². The molecule has 0 bridgehead atoms. The number of nitrogens with one attached hydrogen (secondary N) is 1. The van der Waals surface area contributed by atoms with E-state index in [-0.39, 0.29) is 23.7 Å². The van der Waals surface area contributed by atoms with Crippen LogP contribution >= 0.6 is 0 Å². The van der Waals surface area contributed by atoms with Crippen LogP contribution in [0.25, 0.3) is 0 Å². The van der Waals surface area contributed by atoms with Crippen molar-refractivity contribution in [3.63, 3.8) is 0 Å². The third-order valence-electron chi connectivity index (χ3n) is 2.77. The first-order chi connectivity index (χ1) is 10.2. The summed E-state index contributed by atoms with van der Waals surface area (Å²) in [4.78, 5) is 22.0. The second-order valence-corrected chi connectivity index (χ2v) is 4.38. The largest absolute Gasteiger partial charge is 0.511 e. The van der Waals surface area contributed by atoms with Crippen molar-refractivity contribution in [2.45, 2.75) is 32.6 Å². The molecule has 0 radical (unpaired) electrons. The Morgan fingerprint density at radius 3 is 3.00 bits per heavy atom. The van der Waals surface area contributed by atoms with Crippen molar-refractivity contribution in [1.82, 2.24) is 5.48 Å². The zero-order chi connectivity index (χ0) is 15.5. The van der Waals surface area contributed by atoms with E-state index < -0.39 is 0 Å². The fraction of sp³-hybridized carbons (Fsp3) is 0.467.